The van der Waals surface area contributed by atoms with Crippen LogP contribution in [0.4, 0.5) is 0 Å². The van der Waals surface area contributed by atoms with Crippen LogP contribution < -0.4 is 9.84 Å². The maximum Gasteiger partial charge on any atom is 0.176 e. The largest absolute Gasteiger partial charge is 0.550 e. The van der Waals surface area contributed by atoms with Crippen molar-refractivity contribution in [1.29, 1.82) is 0 Å². The molecule has 1 aromatic carbocycles. The number of furan rings is 1. The molecule has 0 unspecified atom stereocenters. The minimum absolute atomic E-state index is 0.177. The van der Waals surface area contributed by atoms with E-state index >= 15 is 0 Å². The van der Waals surface area contributed by atoms with Crippen LogP contribution in [0.5, 0.6) is 5.75 Å². The summed E-state index contributed by atoms with van der Waals surface area (Å²) in [6.45, 7) is 3.63. The van der Waals surface area contributed by atoms with E-state index in [1.807, 2.05) is 6.07 Å². The molecule has 94 valence electrons. The number of methoxy groups -OCH3 is 1. The van der Waals surface area contributed by atoms with Crippen molar-refractivity contribution < 1.29 is 19.1 Å². The maximum absolute atomic E-state index is 10.8. The van der Waals surface area contributed by atoms with Gasteiger partial charge in [0.2, 0.25) is 0 Å². The second kappa shape index (κ2) is 4.96. The van der Waals surface area contributed by atoms with Gasteiger partial charge >= 0.3 is 0 Å². The van der Waals surface area contributed by atoms with E-state index in [4.69, 9.17) is 9.15 Å². The number of carboxylic acids is 1. The third kappa shape index (κ3) is 2.09. The Morgan fingerprint density at radius 3 is 2.94 bits per heavy atom. The third-order valence-electron chi connectivity index (χ3n) is 2.74. The molecule has 0 atom stereocenters. The fraction of sp³-hybridized carbons (Fsp3) is 0.214. The van der Waals surface area contributed by atoms with Crippen molar-refractivity contribution in [3.8, 4) is 5.75 Å². The first-order valence-corrected chi connectivity index (χ1v) is 5.55. The van der Waals surface area contributed by atoms with Crippen molar-refractivity contribution in [2.45, 2.75) is 12.8 Å². The molecule has 4 nitrogen and oxygen atoms in total. The summed E-state index contributed by atoms with van der Waals surface area (Å²) in [5.74, 6) is 0.0435. The van der Waals surface area contributed by atoms with Gasteiger partial charge in [0.25, 0.3) is 0 Å². The fourth-order valence-corrected chi connectivity index (χ4v) is 1.99. The summed E-state index contributed by atoms with van der Waals surface area (Å²) in [6, 6.07) is 5.38. The van der Waals surface area contributed by atoms with Gasteiger partial charge in [-0.05, 0) is 6.07 Å². The third-order valence-corrected chi connectivity index (χ3v) is 2.74. The summed E-state index contributed by atoms with van der Waals surface area (Å²) in [7, 11) is 1.54. The summed E-state index contributed by atoms with van der Waals surface area (Å²) in [5, 5.41) is 11.6. The van der Waals surface area contributed by atoms with E-state index in [1.165, 1.54) is 0 Å². The quantitative estimate of drug-likeness (QED) is 0.748. The summed E-state index contributed by atoms with van der Waals surface area (Å²) >= 11 is 0. The molecule has 0 amide bonds. The number of hydrogen-bond acceptors (Lipinski definition) is 4. The highest BCUT2D eigenvalue weighted by Crippen LogP contribution is 2.33. The number of carboxylic acid groups (broad SMARTS) is 1. The number of carbonyl (C=O) groups excluding carboxylic acids is 1. The van der Waals surface area contributed by atoms with Crippen LogP contribution in [-0.2, 0) is 17.6 Å². The topological polar surface area (TPSA) is 62.5 Å². The Morgan fingerprint density at radius 2 is 2.33 bits per heavy atom. The van der Waals surface area contributed by atoms with Crippen LogP contribution >= 0.6 is 0 Å². The van der Waals surface area contributed by atoms with E-state index in [9.17, 15) is 9.90 Å². The minimum Gasteiger partial charge on any atom is -0.550 e. The number of benzene rings is 1. The number of para-hydroxylation sites is 1. The second-order valence-corrected chi connectivity index (χ2v) is 3.88. The normalized spacial score (nSPS) is 10.5. The summed E-state index contributed by atoms with van der Waals surface area (Å²) in [5.41, 5.74) is 1.19. The molecule has 0 saturated carbocycles. The lowest BCUT2D eigenvalue weighted by Crippen LogP contribution is -2.24. The molecule has 0 spiro atoms. The molecule has 1 aromatic heterocycles. The Morgan fingerprint density at radius 1 is 1.56 bits per heavy atom. The molecule has 2 rings (SSSR count). The summed E-state index contributed by atoms with van der Waals surface area (Å²) in [6.07, 6.45) is 1.97. The van der Waals surface area contributed by atoms with Crippen LogP contribution in [0.25, 0.3) is 11.0 Å². The standard InChI is InChI=1S/C14H14O4/c1-3-5-11-10(8-13(15)16)9-6-4-7-12(17-2)14(9)18-11/h3-4,6-7H,1,5,8H2,2H3,(H,15,16)/p-1. The van der Waals surface area contributed by atoms with Gasteiger partial charge < -0.3 is 19.1 Å². The Hall–Kier alpha value is -2.23. The molecule has 0 radical (unpaired) electrons. The molecule has 0 N–H and O–H groups in total. The van der Waals surface area contributed by atoms with Gasteiger partial charge in [0, 0.05) is 29.8 Å². The average Bonchev–Trinajstić information content (AvgIpc) is 2.67. The van der Waals surface area contributed by atoms with Gasteiger partial charge in [0.1, 0.15) is 5.76 Å². The number of aliphatic carboxylic acids is 1. The summed E-state index contributed by atoms with van der Waals surface area (Å²) in [4.78, 5) is 10.8. The molecule has 1 heterocycles. The van der Waals surface area contributed by atoms with Crippen LogP contribution in [0.3, 0.4) is 0 Å². The van der Waals surface area contributed by atoms with Crippen LogP contribution in [0.1, 0.15) is 11.3 Å². The van der Waals surface area contributed by atoms with Crippen molar-refractivity contribution >= 4 is 16.9 Å². The van der Waals surface area contributed by atoms with Crippen LogP contribution in [0.2, 0.25) is 0 Å². The van der Waals surface area contributed by atoms with Crippen molar-refractivity contribution in [1.82, 2.24) is 0 Å². The van der Waals surface area contributed by atoms with Gasteiger partial charge in [-0.1, -0.05) is 18.2 Å². The Bertz CT molecular complexity index is 595. The van der Waals surface area contributed by atoms with Crippen molar-refractivity contribution in [2.24, 2.45) is 0 Å². The molecule has 0 fully saturated rings. The number of hydrogen-bond donors (Lipinski definition) is 0. The van der Waals surface area contributed by atoms with E-state index in [1.54, 1.807) is 25.3 Å². The zero-order valence-corrected chi connectivity index (χ0v) is 10.1. The van der Waals surface area contributed by atoms with Crippen LogP contribution in [0, 0.1) is 0 Å². The predicted octanol–water partition coefficient (Wildman–Crippen LogP) is 1.46. The molecule has 0 bridgehead atoms. The molecule has 4 heteroatoms. The smallest absolute Gasteiger partial charge is 0.176 e. The lowest BCUT2D eigenvalue weighted by molar-refractivity contribution is -0.304. The van der Waals surface area contributed by atoms with E-state index < -0.39 is 5.97 Å². The maximum atomic E-state index is 10.8. The van der Waals surface area contributed by atoms with Crippen molar-refractivity contribution in [2.75, 3.05) is 7.11 Å². The van der Waals surface area contributed by atoms with Gasteiger partial charge in [-0.2, -0.15) is 0 Å². The van der Waals surface area contributed by atoms with E-state index in [-0.39, 0.29) is 6.42 Å². The first-order valence-electron chi connectivity index (χ1n) is 5.55. The highest BCUT2D eigenvalue weighted by atomic mass is 16.5. The first-order chi connectivity index (χ1) is 8.67. The summed E-state index contributed by atoms with van der Waals surface area (Å²) < 4.78 is 10.9. The number of ether oxygens (including phenoxy) is 1. The van der Waals surface area contributed by atoms with Gasteiger partial charge in [-0.25, -0.2) is 0 Å². The molecule has 0 saturated heterocycles. The SMILES string of the molecule is C=CCc1oc2c(OC)cccc2c1CC(=O)[O-]. The van der Waals surface area contributed by atoms with E-state index in [0.29, 0.717) is 29.1 Å². The monoisotopic (exact) mass is 245 g/mol. The Kier molecular flexibility index (Phi) is 3.37. The number of fused-ring (bicyclic) bond motifs is 1. The highest BCUT2D eigenvalue weighted by Gasteiger charge is 2.16. The first kappa shape index (κ1) is 12.2. The van der Waals surface area contributed by atoms with Gasteiger partial charge in [-0.3, -0.25) is 0 Å². The zero-order chi connectivity index (χ0) is 13.1. The van der Waals surface area contributed by atoms with E-state index in [2.05, 4.69) is 6.58 Å². The number of rotatable bonds is 5. The molecule has 0 aliphatic rings. The van der Waals surface area contributed by atoms with Crippen molar-refractivity contribution in [3.05, 3.63) is 42.2 Å². The fourth-order valence-electron chi connectivity index (χ4n) is 1.99. The van der Waals surface area contributed by atoms with Crippen molar-refractivity contribution in [3.63, 3.8) is 0 Å². The Balaban J connectivity index is 2.66. The molecule has 0 aliphatic heterocycles. The lowest BCUT2D eigenvalue weighted by atomic mass is 10.1. The van der Waals surface area contributed by atoms with Crippen LogP contribution in [-0.4, -0.2) is 13.1 Å². The number of carbonyl (C=O) groups is 1. The molecular weight excluding hydrogens is 232 g/mol. The second-order valence-electron chi connectivity index (χ2n) is 3.88. The van der Waals surface area contributed by atoms with Gasteiger partial charge in [-0.15, -0.1) is 6.58 Å². The minimum atomic E-state index is -1.13. The van der Waals surface area contributed by atoms with Gasteiger partial charge in [0.05, 0.1) is 7.11 Å². The highest BCUT2D eigenvalue weighted by molar-refractivity contribution is 5.90. The molecule has 0 aliphatic carbocycles. The van der Waals surface area contributed by atoms with Gasteiger partial charge in [0.15, 0.2) is 11.3 Å². The lowest BCUT2D eigenvalue weighted by Gasteiger charge is -2.02. The molecular formula is C14H13O4-. The Labute approximate surface area is 104 Å². The average molecular weight is 245 g/mol. The zero-order valence-electron chi connectivity index (χ0n) is 10.1. The molecule has 2 aromatic rings. The predicted molar refractivity (Wildman–Crippen MR) is 65.4 cm³/mol. The van der Waals surface area contributed by atoms with Crippen LogP contribution in [0.15, 0.2) is 35.3 Å². The number of allylic oxidation sites excluding steroid dienone is 1. The molecule has 18 heavy (non-hydrogen) atoms. The van der Waals surface area contributed by atoms with E-state index in [0.717, 1.165) is 5.39 Å².